The van der Waals surface area contributed by atoms with Crippen LogP contribution in [0.2, 0.25) is 0 Å². The molecule has 0 spiro atoms. The summed E-state index contributed by atoms with van der Waals surface area (Å²) in [4.78, 5) is 11.0. The van der Waals surface area contributed by atoms with Crippen molar-refractivity contribution in [2.24, 2.45) is 0 Å². The van der Waals surface area contributed by atoms with E-state index >= 15 is 0 Å². The molecule has 0 aliphatic carbocycles. The monoisotopic (exact) mass is 289 g/mol. The molecule has 106 valence electrons. The molecule has 0 saturated carbocycles. The minimum Gasteiger partial charge on any atom is -0.399 e. The normalized spacial score (nSPS) is 11.3. The number of anilines is 1. The molecule has 0 unspecified atom stereocenters. The van der Waals surface area contributed by atoms with Crippen LogP contribution in [0.25, 0.3) is 0 Å². The summed E-state index contributed by atoms with van der Waals surface area (Å²) in [7, 11) is -3.96. The van der Waals surface area contributed by atoms with Crippen LogP contribution >= 0.6 is 0 Å². The second kappa shape index (κ2) is 6.48. The van der Waals surface area contributed by atoms with E-state index in [1.54, 1.807) is 0 Å². The second-order valence-corrected chi connectivity index (χ2v) is 5.66. The molecule has 0 aliphatic heterocycles. The van der Waals surface area contributed by atoms with Crippen LogP contribution in [0, 0.1) is 5.82 Å². The Balaban J connectivity index is 2.73. The SMILES string of the molecule is CCCNC(=O)CNS(=O)(=O)c1cc(N)cc(F)c1. The van der Waals surface area contributed by atoms with Gasteiger partial charge in [0, 0.05) is 12.2 Å². The number of benzene rings is 1. The van der Waals surface area contributed by atoms with Gasteiger partial charge in [-0.05, 0) is 24.6 Å². The zero-order valence-electron chi connectivity index (χ0n) is 10.4. The first kappa shape index (κ1) is 15.4. The van der Waals surface area contributed by atoms with E-state index in [1.807, 2.05) is 6.92 Å². The van der Waals surface area contributed by atoms with E-state index in [-0.39, 0.29) is 10.6 Å². The van der Waals surface area contributed by atoms with Crippen LogP contribution in [0.3, 0.4) is 0 Å². The molecule has 0 radical (unpaired) electrons. The van der Waals surface area contributed by atoms with E-state index in [9.17, 15) is 17.6 Å². The number of carbonyl (C=O) groups excluding carboxylic acids is 1. The number of hydrogen-bond acceptors (Lipinski definition) is 4. The molecule has 0 aromatic heterocycles. The molecule has 0 atom stereocenters. The third kappa shape index (κ3) is 4.84. The van der Waals surface area contributed by atoms with Gasteiger partial charge in [-0.15, -0.1) is 0 Å². The van der Waals surface area contributed by atoms with Gasteiger partial charge in [-0.2, -0.15) is 0 Å². The lowest BCUT2D eigenvalue weighted by Crippen LogP contribution is -2.37. The summed E-state index contributed by atoms with van der Waals surface area (Å²) in [5, 5.41) is 2.51. The lowest BCUT2D eigenvalue weighted by atomic mass is 10.3. The minimum atomic E-state index is -3.96. The van der Waals surface area contributed by atoms with Crippen LogP contribution in [0.15, 0.2) is 23.1 Å². The van der Waals surface area contributed by atoms with E-state index in [0.29, 0.717) is 6.54 Å². The molecule has 1 amide bonds. The molecule has 1 aromatic rings. The Kier molecular flexibility index (Phi) is 5.25. The summed E-state index contributed by atoms with van der Waals surface area (Å²) in [5.41, 5.74) is 5.36. The van der Waals surface area contributed by atoms with Crippen molar-refractivity contribution in [1.82, 2.24) is 10.0 Å². The van der Waals surface area contributed by atoms with Crippen LogP contribution in [-0.4, -0.2) is 27.4 Å². The number of amides is 1. The quantitative estimate of drug-likeness (QED) is 0.652. The fourth-order valence-electron chi connectivity index (χ4n) is 1.31. The number of hydrogen-bond donors (Lipinski definition) is 3. The van der Waals surface area contributed by atoms with E-state index in [1.165, 1.54) is 0 Å². The van der Waals surface area contributed by atoms with Gasteiger partial charge in [-0.1, -0.05) is 6.92 Å². The summed E-state index contributed by atoms with van der Waals surface area (Å²) in [5.74, 6) is -1.20. The summed E-state index contributed by atoms with van der Waals surface area (Å²) in [6, 6.07) is 2.96. The Hall–Kier alpha value is -1.67. The van der Waals surface area contributed by atoms with Gasteiger partial charge in [0.15, 0.2) is 0 Å². The zero-order valence-corrected chi connectivity index (χ0v) is 11.3. The van der Waals surface area contributed by atoms with Crippen LogP contribution in [-0.2, 0) is 14.8 Å². The highest BCUT2D eigenvalue weighted by atomic mass is 32.2. The standard InChI is InChI=1S/C11H16FN3O3S/c1-2-3-14-11(16)7-15-19(17,18)10-5-8(12)4-9(13)6-10/h4-6,15H,2-3,7,13H2,1H3,(H,14,16). The summed E-state index contributed by atoms with van der Waals surface area (Å²) in [6.07, 6.45) is 0.749. The molecule has 0 heterocycles. The highest BCUT2D eigenvalue weighted by Crippen LogP contribution is 2.15. The number of nitrogens with two attached hydrogens (primary N) is 1. The van der Waals surface area contributed by atoms with Crippen LogP contribution < -0.4 is 15.8 Å². The molecule has 1 rings (SSSR count). The van der Waals surface area contributed by atoms with E-state index in [4.69, 9.17) is 5.73 Å². The molecule has 0 bridgehead atoms. The predicted octanol–water partition coefficient (Wildman–Crippen LogP) is 0.212. The number of sulfonamides is 1. The summed E-state index contributed by atoms with van der Waals surface area (Å²) in [6.45, 7) is 1.94. The van der Waals surface area contributed by atoms with Crippen molar-refractivity contribution in [1.29, 1.82) is 0 Å². The maximum Gasteiger partial charge on any atom is 0.241 e. The molecule has 19 heavy (non-hydrogen) atoms. The lowest BCUT2D eigenvalue weighted by Gasteiger charge is -2.08. The second-order valence-electron chi connectivity index (χ2n) is 3.89. The van der Waals surface area contributed by atoms with Crippen molar-refractivity contribution in [2.45, 2.75) is 18.2 Å². The Morgan fingerprint density at radius 1 is 1.37 bits per heavy atom. The molecule has 4 N–H and O–H groups in total. The Bertz CT molecular complexity index is 540. The Morgan fingerprint density at radius 2 is 2.05 bits per heavy atom. The topological polar surface area (TPSA) is 101 Å². The summed E-state index contributed by atoms with van der Waals surface area (Å²) < 4.78 is 38.8. The maximum absolute atomic E-state index is 13.1. The molecular formula is C11H16FN3O3S. The highest BCUT2D eigenvalue weighted by molar-refractivity contribution is 7.89. The average Bonchev–Trinajstić information content (AvgIpc) is 2.32. The summed E-state index contributed by atoms with van der Waals surface area (Å²) >= 11 is 0. The third-order valence-electron chi connectivity index (χ3n) is 2.20. The van der Waals surface area contributed by atoms with Gasteiger partial charge in [0.1, 0.15) is 5.82 Å². The van der Waals surface area contributed by atoms with Gasteiger partial charge in [0.05, 0.1) is 11.4 Å². The van der Waals surface area contributed by atoms with Crippen molar-refractivity contribution >= 4 is 21.6 Å². The van der Waals surface area contributed by atoms with Crippen molar-refractivity contribution < 1.29 is 17.6 Å². The van der Waals surface area contributed by atoms with Crippen molar-refractivity contribution in [2.75, 3.05) is 18.8 Å². The van der Waals surface area contributed by atoms with E-state index < -0.39 is 28.3 Å². The lowest BCUT2D eigenvalue weighted by molar-refractivity contribution is -0.119. The van der Waals surface area contributed by atoms with Gasteiger partial charge < -0.3 is 11.1 Å². The smallest absolute Gasteiger partial charge is 0.241 e. The Labute approximate surface area is 111 Å². The van der Waals surface area contributed by atoms with Gasteiger partial charge in [0.25, 0.3) is 0 Å². The fraction of sp³-hybridized carbons (Fsp3) is 0.364. The molecule has 0 fully saturated rings. The number of nitrogens with one attached hydrogen (secondary N) is 2. The zero-order chi connectivity index (χ0) is 14.5. The van der Waals surface area contributed by atoms with Crippen LogP contribution in [0.4, 0.5) is 10.1 Å². The van der Waals surface area contributed by atoms with Crippen molar-refractivity contribution in [3.8, 4) is 0 Å². The molecular weight excluding hydrogens is 273 g/mol. The first-order valence-electron chi connectivity index (χ1n) is 5.67. The predicted molar refractivity (Wildman–Crippen MR) is 69.3 cm³/mol. The van der Waals surface area contributed by atoms with Gasteiger partial charge in [-0.25, -0.2) is 17.5 Å². The molecule has 8 heteroatoms. The average molecular weight is 289 g/mol. The van der Waals surface area contributed by atoms with Crippen LogP contribution in [0.5, 0.6) is 0 Å². The molecule has 0 aliphatic rings. The first-order valence-corrected chi connectivity index (χ1v) is 7.16. The van der Waals surface area contributed by atoms with Crippen molar-refractivity contribution in [3.63, 3.8) is 0 Å². The Morgan fingerprint density at radius 3 is 2.63 bits per heavy atom. The minimum absolute atomic E-state index is 0.00388. The number of halogens is 1. The first-order chi connectivity index (χ1) is 8.85. The number of carbonyl (C=O) groups is 1. The van der Waals surface area contributed by atoms with Crippen molar-refractivity contribution in [3.05, 3.63) is 24.0 Å². The van der Waals surface area contributed by atoms with Gasteiger partial charge in [0.2, 0.25) is 15.9 Å². The molecule has 1 aromatic carbocycles. The molecule has 0 saturated heterocycles. The molecule has 6 nitrogen and oxygen atoms in total. The van der Waals surface area contributed by atoms with E-state index in [2.05, 4.69) is 10.0 Å². The van der Waals surface area contributed by atoms with E-state index in [0.717, 1.165) is 24.6 Å². The fourth-order valence-corrected chi connectivity index (χ4v) is 2.36. The maximum atomic E-state index is 13.1. The number of rotatable bonds is 6. The van der Waals surface area contributed by atoms with Gasteiger partial charge in [-0.3, -0.25) is 4.79 Å². The van der Waals surface area contributed by atoms with Crippen LogP contribution in [0.1, 0.15) is 13.3 Å². The number of nitrogen functional groups attached to an aromatic ring is 1. The highest BCUT2D eigenvalue weighted by Gasteiger charge is 2.16. The largest absolute Gasteiger partial charge is 0.399 e. The third-order valence-corrected chi connectivity index (χ3v) is 3.58. The van der Waals surface area contributed by atoms with Gasteiger partial charge >= 0.3 is 0 Å².